The third kappa shape index (κ3) is 1.54. The largest absolute Gasteiger partial charge is 0.443 e. The van der Waals surface area contributed by atoms with Crippen LogP contribution < -0.4 is 0 Å². The summed E-state index contributed by atoms with van der Waals surface area (Å²) in [7, 11) is 0. The van der Waals surface area contributed by atoms with E-state index in [2.05, 4.69) is 53.5 Å². The minimum Gasteiger partial charge on any atom is -0.443 e. The zero-order valence-electron chi connectivity index (χ0n) is 10.2. The van der Waals surface area contributed by atoms with Gasteiger partial charge in [0, 0.05) is 5.56 Å². The van der Waals surface area contributed by atoms with Crippen LogP contribution in [0.2, 0.25) is 0 Å². The molecule has 2 heteroatoms. The molecule has 0 aliphatic carbocycles. The number of hydrogen-bond donors (Lipinski definition) is 0. The first kappa shape index (κ1) is 10.3. The summed E-state index contributed by atoms with van der Waals surface area (Å²) >= 11 is 0. The maximum atomic E-state index is 5.38. The van der Waals surface area contributed by atoms with E-state index in [9.17, 15) is 0 Å². The fourth-order valence-electron chi connectivity index (χ4n) is 2.56. The SMILES string of the molecule is c1ccc2c(-c3cccc4ocnc34)cccc2c1. The Morgan fingerprint density at radius 1 is 0.737 bits per heavy atom. The van der Waals surface area contributed by atoms with Crippen molar-refractivity contribution in [3.05, 3.63) is 67.1 Å². The van der Waals surface area contributed by atoms with Crippen molar-refractivity contribution in [1.29, 1.82) is 0 Å². The number of aromatic nitrogens is 1. The van der Waals surface area contributed by atoms with Crippen molar-refractivity contribution in [2.45, 2.75) is 0 Å². The lowest BCUT2D eigenvalue weighted by Gasteiger charge is -2.07. The molecule has 3 aromatic carbocycles. The number of oxazole rings is 1. The topological polar surface area (TPSA) is 26.0 Å². The lowest BCUT2D eigenvalue weighted by atomic mass is 9.97. The molecule has 0 radical (unpaired) electrons. The van der Waals surface area contributed by atoms with Gasteiger partial charge in [0.05, 0.1) is 0 Å². The first-order valence-electron chi connectivity index (χ1n) is 6.24. The smallest absolute Gasteiger partial charge is 0.182 e. The van der Waals surface area contributed by atoms with Crippen molar-refractivity contribution in [2.24, 2.45) is 0 Å². The van der Waals surface area contributed by atoms with E-state index >= 15 is 0 Å². The van der Waals surface area contributed by atoms with E-state index in [4.69, 9.17) is 4.42 Å². The van der Waals surface area contributed by atoms with Gasteiger partial charge < -0.3 is 4.42 Å². The maximum Gasteiger partial charge on any atom is 0.182 e. The summed E-state index contributed by atoms with van der Waals surface area (Å²) in [5.74, 6) is 0. The van der Waals surface area contributed by atoms with Crippen LogP contribution in [0, 0.1) is 0 Å². The van der Waals surface area contributed by atoms with Gasteiger partial charge >= 0.3 is 0 Å². The second-order valence-electron chi connectivity index (χ2n) is 4.53. The van der Waals surface area contributed by atoms with Gasteiger partial charge in [-0.3, -0.25) is 0 Å². The van der Waals surface area contributed by atoms with Gasteiger partial charge in [-0.25, -0.2) is 4.98 Å². The molecule has 0 bridgehead atoms. The predicted molar refractivity (Wildman–Crippen MR) is 77.0 cm³/mol. The van der Waals surface area contributed by atoms with Crippen LogP contribution in [0.1, 0.15) is 0 Å². The van der Waals surface area contributed by atoms with E-state index in [1.165, 1.54) is 22.7 Å². The van der Waals surface area contributed by atoms with E-state index in [-0.39, 0.29) is 0 Å². The minimum absolute atomic E-state index is 0.824. The van der Waals surface area contributed by atoms with Crippen LogP contribution in [-0.4, -0.2) is 4.98 Å². The van der Waals surface area contributed by atoms with Crippen molar-refractivity contribution in [1.82, 2.24) is 4.98 Å². The van der Waals surface area contributed by atoms with Crippen molar-refractivity contribution in [3.63, 3.8) is 0 Å². The van der Waals surface area contributed by atoms with Crippen molar-refractivity contribution in [3.8, 4) is 11.1 Å². The highest BCUT2D eigenvalue weighted by Gasteiger charge is 2.09. The second kappa shape index (κ2) is 3.95. The Morgan fingerprint density at radius 2 is 1.53 bits per heavy atom. The average molecular weight is 245 g/mol. The highest BCUT2D eigenvalue weighted by atomic mass is 16.3. The van der Waals surface area contributed by atoms with E-state index < -0.39 is 0 Å². The number of nitrogens with zero attached hydrogens (tertiary/aromatic N) is 1. The summed E-state index contributed by atoms with van der Waals surface area (Å²) in [5.41, 5.74) is 4.05. The zero-order chi connectivity index (χ0) is 12.7. The molecule has 90 valence electrons. The Labute approximate surface area is 110 Å². The first-order chi connectivity index (χ1) is 9.43. The average Bonchev–Trinajstić information content (AvgIpc) is 2.95. The third-order valence-corrected chi connectivity index (χ3v) is 3.44. The summed E-state index contributed by atoms with van der Waals surface area (Å²) in [5, 5.41) is 2.47. The molecule has 1 heterocycles. The lowest BCUT2D eigenvalue weighted by molar-refractivity contribution is 0.602. The van der Waals surface area contributed by atoms with Gasteiger partial charge in [0.25, 0.3) is 0 Å². The standard InChI is InChI=1S/C17H11NO/c1-2-7-13-12(5-1)6-3-8-14(13)15-9-4-10-16-17(15)18-11-19-16/h1-11H. The number of para-hydroxylation sites is 1. The normalized spacial score (nSPS) is 11.2. The molecule has 0 aliphatic rings. The van der Waals surface area contributed by atoms with Crippen LogP contribution in [0.15, 0.2) is 71.5 Å². The number of benzene rings is 3. The number of rotatable bonds is 1. The number of hydrogen-bond acceptors (Lipinski definition) is 2. The van der Waals surface area contributed by atoms with Gasteiger partial charge in [0.1, 0.15) is 5.52 Å². The Hall–Kier alpha value is -2.61. The zero-order valence-corrected chi connectivity index (χ0v) is 10.2. The van der Waals surface area contributed by atoms with Crippen LogP contribution >= 0.6 is 0 Å². The molecule has 1 aromatic heterocycles. The fraction of sp³-hybridized carbons (Fsp3) is 0. The molecule has 19 heavy (non-hydrogen) atoms. The van der Waals surface area contributed by atoms with Gasteiger partial charge in [0.2, 0.25) is 0 Å². The summed E-state index contributed by atoms with van der Waals surface area (Å²) in [4.78, 5) is 4.34. The molecule has 0 unspecified atom stereocenters. The molecule has 0 atom stereocenters. The molecule has 4 aromatic rings. The molecule has 0 N–H and O–H groups in total. The quantitative estimate of drug-likeness (QED) is 0.488. The maximum absolute atomic E-state index is 5.38. The Bertz CT molecular complexity index is 871. The predicted octanol–water partition coefficient (Wildman–Crippen LogP) is 4.65. The molecule has 0 fully saturated rings. The van der Waals surface area contributed by atoms with Gasteiger partial charge in [-0.15, -0.1) is 0 Å². The van der Waals surface area contributed by atoms with Crippen molar-refractivity contribution >= 4 is 21.9 Å². The summed E-state index contributed by atoms with van der Waals surface area (Å²) < 4.78 is 5.38. The Balaban J connectivity index is 2.12. The summed E-state index contributed by atoms with van der Waals surface area (Å²) in [6.07, 6.45) is 1.50. The Morgan fingerprint density at radius 3 is 2.53 bits per heavy atom. The molecular weight excluding hydrogens is 234 g/mol. The van der Waals surface area contributed by atoms with Crippen LogP contribution in [-0.2, 0) is 0 Å². The second-order valence-corrected chi connectivity index (χ2v) is 4.53. The molecule has 0 saturated heterocycles. The monoisotopic (exact) mass is 245 g/mol. The van der Waals surface area contributed by atoms with Crippen LogP contribution in [0.25, 0.3) is 33.0 Å². The van der Waals surface area contributed by atoms with E-state index in [0.29, 0.717) is 0 Å². The third-order valence-electron chi connectivity index (χ3n) is 3.44. The molecule has 0 spiro atoms. The van der Waals surface area contributed by atoms with Gasteiger partial charge in [-0.05, 0) is 22.4 Å². The Kier molecular flexibility index (Phi) is 2.15. The first-order valence-corrected chi connectivity index (χ1v) is 6.24. The van der Waals surface area contributed by atoms with E-state index in [1.807, 2.05) is 12.1 Å². The van der Waals surface area contributed by atoms with E-state index in [1.54, 1.807) is 0 Å². The summed E-state index contributed by atoms with van der Waals surface area (Å²) in [6, 6.07) is 20.8. The molecule has 2 nitrogen and oxygen atoms in total. The van der Waals surface area contributed by atoms with Crippen molar-refractivity contribution in [2.75, 3.05) is 0 Å². The van der Waals surface area contributed by atoms with Crippen LogP contribution in [0.3, 0.4) is 0 Å². The van der Waals surface area contributed by atoms with Crippen LogP contribution in [0.5, 0.6) is 0 Å². The highest BCUT2D eigenvalue weighted by molar-refractivity contribution is 6.02. The van der Waals surface area contributed by atoms with Gasteiger partial charge in [0.15, 0.2) is 12.0 Å². The lowest BCUT2D eigenvalue weighted by Crippen LogP contribution is -1.83. The molecule has 0 aliphatic heterocycles. The minimum atomic E-state index is 0.824. The molecule has 0 amide bonds. The van der Waals surface area contributed by atoms with Gasteiger partial charge in [-0.1, -0.05) is 54.6 Å². The molecular formula is C17H11NO. The fourth-order valence-corrected chi connectivity index (χ4v) is 2.56. The highest BCUT2D eigenvalue weighted by Crippen LogP contribution is 2.32. The number of fused-ring (bicyclic) bond motifs is 2. The van der Waals surface area contributed by atoms with E-state index in [0.717, 1.165) is 16.7 Å². The summed E-state index contributed by atoms with van der Waals surface area (Å²) in [6.45, 7) is 0. The van der Waals surface area contributed by atoms with Crippen LogP contribution in [0.4, 0.5) is 0 Å². The van der Waals surface area contributed by atoms with Crippen molar-refractivity contribution < 1.29 is 4.42 Å². The van der Waals surface area contributed by atoms with Gasteiger partial charge in [-0.2, -0.15) is 0 Å². The molecule has 4 rings (SSSR count). The molecule has 0 saturated carbocycles.